The number of hydrogen-bond donors (Lipinski definition) is 1. The van der Waals surface area contributed by atoms with Crippen LogP contribution in [-0.2, 0) is 10.3 Å². The number of benzene rings is 2. The monoisotopic (exact) mass is 357 g/mol. The van der Waals surface area contributed by atoms with Crippen molar-refractivity contribution < 1.29 is 14.2 Å². The number of aliphatic hydroxyl groups is 1. The molecule has 4 heteroatoms. The Morgan fingerprint density at radius 3 is 2.35 bits per heavy atom. The summed E-state index contributed by atoms with van der Waals surface area (Å²) in [5, 5.41) is 11.8. The summed E-state index contributed by atoms with van der Waals surface area (Å²) in [5.41, 5.74) is 0.851. The van der Waals surface area contributed by atoms with Gasteiger partial charge in [-0.3, -0.25) is 4.90 Å². The highest BCUT2D eigenvalue weighted by Gasteiger charge is 2.39. The topological polar surface area (TPSA) is 32.7 Å². The maximum Gasteiger partial charge on any atom is 0.123 e. The second-order valence-corrected chi connectivity index (χ2v) is 7.06. The number of nitrogens with zero attached hydrogens (tertiary/aromatic N) is 1. The van der Waals surface area contributed by atoms with Crippen LogP contribution in [0.1, 0.15) is 36.8 Å². The van der Waals surface area contributed by atoms with Crippen molar-refractivity contribution in [1.29, 1.82) is 0 Å². The number of halogens is 1. The van der Waals surface area contributed by atoms with Gasteiger partial charge in [-0.25, -0.2) is 4.39 Å². The van der Waals surface area contributed by atoms with Gasteiger partial charge in [-0.1, -0.05) is 55.8 Å². The van der Waals surface area contributed by atoms with E-state index in [9.17, 15) is 9.50 Å². The van der Waals surface area contributed by atoms with Gasteiger partial charge in [0.2, 0.25) is 0 Å². The van der Waals surface area contributed by atoms with Gasteiger partial charge >= 0.3 is 0 Å². The first-order chi connectivity index (χ1) is 12.6. The molecule has 0 spiro atoms. The molecule has 0 amide bonds. The van der Waals surface area contributed by atoms with Crippen LogP contribution in [-0.4, -0.2) is 42.9 Å². The molecule has 0 aliphatic carbocycles. The van der Waals surface area contributed by atoms with E-state index in [1.54, 1.807) is 12.1 Å². The molecule has 3 rings (SSSR count). The van der Waals surface area contributed by atoms with Gasteiger partial charge in [0.15, 0.2) is 0 Å². The molecule has 0 bridgehead atoms. The summed E-state index contributed by atoms with van der Waals surface area (Å²) >= 11 is 0. The first-order valence-electron chi connectivity index (χ1n) is 9.47. The van der Waals surface area contributed by atoms with Crippen LogP contribution in [0.5, 0.6) is 0 Å². The first kappa shape index (κ1) is 19.0. The zero-order chi connectivity index (χ0) is 18.4. The summed E-state index contributed by atoms with van der Waals surface area (Å²) in [4.78, 5) is 2.35. The smallest absolute Gasteiger partial charge is 0.123 e. The van der Waals surface area contributed by atoms with Crippen molar-refractivity contribution in [2.24, 2.45) is 0 Å². The molecule has 3 nitrogen and oxygen atoms in total. The zero-order valence-corrected chi connectivity index (χ0v) is 15.4. The van der Waals surface area contributed by atoms with Crippen LogP contribution in [0.25, 0.3) is 0 Å². The number of morpholine rings is 1. The molecule has 2 aromatic carbocycles. The zero-order valence-electron chi connectivity index (χ0n) is 15.4. The summed E-state index contributed by atoms with van der Waals surface area (Å²) in [6.07, 6.45) is 1.48. The lowest BCUT2D eigenvalue weighted by atomic mass is 9.74. The predicted molar refractivity (Wildman–Crippen MR) is 102 cm³/mol. The molecule has 2 unspecified atom stereocenters. The Hall–Kier alpha value is -1.75. The molecule has 1 aliphatic rings. The lowest BCUT2D eigenvalue weighted by molar-refractivity contribution is -0.0285. The van der Waals surface area contributed by atoms with Crippen molar-refractivity contribution in [1.82, 2.24) is 4.90 Å². The van der Waals surface area contributed by atoms with Crippen molar-refractivity contribution >= 4 is 0 Å². The van der Waals surface area contributed by atoms with E-state index in [0.717, 1.165) is 50.4 Å². The Morgan fingerprint density at radius 1 is 1.08 bits per heavy atom. The van der Waals surface area contributed by atoms with Crippen molar-refractivity contribution in [2.45, 2.75) is 31.3 Å². The Morgan fingerprint density at radius 2 is 1.73 bits per heavy atom. The van der Waals surface area contributed by atoms with Crippen molar-refractivity contribution in [3.63, 3.8) is 0 Å². The van der Waals surface area contributed by atoms with Crippen LogP contribution in [0, 0.1) is 5.82 Å². The molecule has 1 fully saturated rings. The molecule has 0 saturated carbocycles. The lowest BCUT2D eigenvalue weighted by Crippen LogP contribution is -2.45. The number of hydrogen-bond acceptors (Lipinski definition) is 3. The highest BCUT2D eigenvalue weighted by molar-refractivity contribution is 5.32. The van der Waals surface area contributed by atoms with E-state index in [2.05, 4.69) is 24.0 Å². The first-order valence-corrected chi connectivity index (χ1v) is 9.47. The second-order valence-electron chi connectivity index (χ2n) is 7.06. The van der Waals surface area contributed by atoms with E-state index in [-0.39, 0.29) is 11.7 Å². The van der Waals surface area contributed by atoms with Gasteiger partial charge < -0.3 is 9.84 Å². The van der Waals surface area contributed by atoms with Gasteiger partial charge in [-0.05, 0) is 29.7 Å². The van der Waals surface area contributed by atoms with Gasteiger partial charge in [-0.15, -0.1) is 0 Å². The SMILES string of the molecule is CCCC(O)(c1ccc(F)cc1)C(CN1CCOCC1)c1ccccc1. The minimum Gasteiger partial charge on any atom is -0.384 e. The standard InChI is InChI=1S/C22H28FNO2/c1-2-12-22(25,19-8-10-20(23)11-9-19)21(18-6-4-3-5-7-18)17-24-13-15-26-16-14-24/h3-11,21,25H,2,12-17H2,1H3. The maximum atomic E-state index is 13.5. The Bertz CT molecular complexity index is 670. The summed E-state index contributed by atoms with van der Waals surface area (Å²) in [6.45, 7) is 6.02. The van der Waals surface area contributed by atoms with E-state index >= 15 is 0 Å². The molecule has 2 aromatic rings. The maximum absolute atomic E-state index is 13.5. The average molecular weight is 357 g/mol. The van der Waals surface area contributed by atoms with Gasteiger partial charge in [0.05, 0.1) is 18.8 Å². The van der Waals surface area contributed by atoms with Crippen LogP contribution in [0.2, 0.25) is 0 Å². The van der Waals surface area contributed by atoms with Crippen molar-refractivity contribution in [3.8, 4) is 0 Å². The third kappa shape index (κ3) is 4.32. The molecule has 140 valence electrons. The third-order valence-electron chi connectivity index (χ3n) is 5.30. The highest BCUT2D eigenvalue weighted by atomic mass is 19.1. The molecule has 1 aliphatic heterocycles. The Labute approximate surface area is 155 Å². The Kier molecular flexibility index (Phi) is 6.41. The fourth-order valence-electron chi connectivity index (χ4n) is 3.90. The summed E-state index contributed by atoms with van der Waals surface area (Å²) in [5.74, 6) is -0.371. The molecule has 1 heterocycles. The van der Waals surface area contributed by atoms with E-state index in [0.29, 0.717) is 6.42 Å². The van der Waals surface area contributed by atoms with Gasteiger partial charge in [0.1, 0.15) is 5.82 Å². The number of ether oxygens (including phenoxy) is 1. The second kappa shape index (κ2) is 8.76. The molecular weight excluding hydrogens is 329 g/mol. The lowest BCUT2D eigenvalue weighted by Gasteiger charge is -2.41. The minimum absolute atomic E-state index is 0.0905. The normalized spacial score (nSPS) is 19.0. The van der Waals surface area contributed by atoms with E-state index in [4.69, 9.17) is 4.74 Å². The highest BCUT2D eigenvalue weighted by Crippen LogP contribution is 2.41. The van der Waals surface area contributed by atoms with Crippen LogP contribution in [0.4, 0.5) is 4.39 Å². The van der Waals surface area contributed by atoms with Crippen molar-refractivity contribution in [3.05, 3.63) is 71.5 Å². The fourth-order valence-corrected chi connectivity index (χ4v) is 3.90. The van der Waals surface area contributed by atoms with Crippen LogP contribution < -0.4 is 0 Å². The van der Waals surface area contributed by atoms with Crippen LogP contribution in [0.15, 0.2) is 54.6 Å². The summed E-state index contributed by atoms with van der Waals surface area (Å²) < 4.78 is 18.9. The fraction of sp³-hybridized carbons (Fsp3) is 0.455. The van der Waals surface area contributed by atoms with E-state index in [1.807, 2.05) is 18.2 Å². The summed E-state index contributed by atoms with van der Waals surface area (Å²) in [7, 11) is 0. The van der Waals surface area contributed by atoms with Crippen molar-refractivity contribution in [2.75, 3.05) is 32.8 Å². The molecule has 1 saturated heterocycles. The molecule has 1 N–H and O–H groups in total. The Balaban J connectivity index is 1.99. The number of rotatable bonds is 7. The molecule has 0 radical (unpaired) electrons. The van der Waals surface area contributed by atoms with E-state index in [1.165, 1.54) is 12.1 Å². The van der Waals surface area contributed by atoms with Crippen LogP contribution >= 0.6 is 0 Å². The van der Waals surface area contributed by atoms with Crippen LogP contribution in [0.3, 0.4) is 0 Å². The average Bonchev–Trinajstić information content (AvgIpc) is 2.68. The molecule has 2 atom stereocenters. The third-order valence-corrected chi connectivity index (χ3v) is 5.30. The molecule has 0 aromatic heterocycles. The minimum atomic E-state index is -1.04. The molecular formula is C22H28FNO2. The summed E-state index contributed by atoms with van der Waals surface area (Å²) in [6, 6.07) is 16.5. The van der Waals surface area contributed by atoms with Gasteiger partial charge in [0, 0.05) is 25.6 Å². The van der Waals surface area contributed by atoms with Gasteiger partial charge in [0.25, 0.3) is 0 Å². The molecule has 26 heavy (non-hydrogen) atoms. The predicted octanol–water partition coefficient (Wildman–Crippen LogP) is 3.93. The quantitative estimate of drug-likeness (QED) is 0.815. The van der Waals surface area contributed by atoms with Gasteiger partial charge in [-0.2, -0.15) is 0 Å². The van der Waals surface area contributed by atoms with E-state index < -0.39 is 5.60 Å². The largest absolute Gasteiger partial charge is 0.384 e.